The van der Waals surface area contributed by atoms with Gasteiger partial charge in [0.05, 0.1) is 5.75 Å². The molecule has 4 atom stereocenters. The van der Waals surface area contributed by atoms with Crippen LogP contribution in [0.2, 0.25) is 0 Å². The Morgan fingerprint density at radius 1 is 1.40 bits per heavy atom. The molecule has 1 heterocycles. The second-order valence-electron chi connectivity index (χ2n) is 6.12. The van der Waals surface area contributed by atoms with Crippen molar-refractivity contribution in [3.8, 4) is 0 Å². The van der Waals surface area contributed by atoms with Gasteiger partial charge >= 0.3 is 5.97 Å². The molecule has 0 aliphatic heterocycles. The number of carboxylic acids is 1. The Morgan fingerprint density at radius 3 is 2.75 bits per heavy atom. The Kier molecular flexibility index (Phi) is 2.70. The third-order valence-corrected chi connectivity index (χ3v) is 6.10. The van der Waals surface area contributed by atoms with Gasteiger partial charge in [-0.1, -0.05) is 11.8 Å². The average molecular weight is 292 g/mol. The van der Waals surface area contributed by atoms with Crippen LogP contribution in [0.25, 0.3) is 0 Å². The summed E-state index contributed by atoms with van der Waals surface area (Å²) in [5, 5.41) is 9.38. The lowest BCUT2D eigenvalue weighted by atomic mass is 10.0. The highest BCUT2D eigenvalue weighted by molar-refractivity contribution is 7.99. The molecule has 0 radical (unpaired) electrons. The molecule has 5 nitrogen and oxygen atoms in total. The highest BCUT2D eigenvalue weighted by atomic mass is 32.2. The van der Waals surface area contributed by atoms with Crippen molar-refractivity contribution >= 4 is 17.7 Å². The molecule has 3 aliphatic rings. The normalized spacial score (nSPS) is 36.9. The van der Waals surface area contributed by atoms with E-state index >= 15 is 0 Å². The summed E-state index contributed by atoms with van der Waals surface area (Å²) in [4.78, 5) is 26.2. The van der Waals surface area contributed by atoms with Crippen molar-refractivity contribution in [2.75, 3.05) is 5.75 Å². The van der Waals surface area contributed by atoms with Crippen LogP contribution in [0.15, 0.2) is 22.2 Å². The van der Waals surface area contributed by atoms with Gasteiger partial charge in [-0.3, -0.25) is 9.59 Å². The van der Waals surface area contributed by atoms with Crippen molar-refractivity contribution in [3.63, 3.8) is 0 Å². The topological polar surface area (TPSA) is 72.2 Å². The van der Waals surface area contributed by atoms with E-state index in [-0.39, 0.29) is 11.3 Å². The van der Waals surface area contributed by atoms with E-state index in [1.807, 2.05) is 6.20 Å². The van der Waals surface area contributed by atoms with E-state index < -0.39 is 5.97 Å². The molecule has 3 fully saturated rings. The first kappa shape index (κ1) is 12.4. The van der Waals surface area contributed by atoms with E-state index in [2.05, 4.69) is 9.55 Å². The highest BCUT2D eigenvalue weighted by Crippen LogP contribution is 2.71. The van der Waals surface area contributed by atoms with Crippen LogP contribution in [-0.2, 0) is 4.79 Å². The van der Waals surface area contributed by atoms with Gasteiger partial charge in [-0.05, 0) is 42.9 Å². The number of aromatic nitrogens is 2. The lowest BCUT2D eigenvalue weighted by Crippen LogP contribution is -2.16. The molecule has 0 aromatic carbocycles. The van der Waals surface area contributed by atoms with Gasteiger partial charge in [0.15, 0.2) is 5.16 Å². The number of aliphatic carboxylic acids is 1. The minimum atomic E-state index is -0.879. The first-order chi connectivity index (χ1) is 9.65. The first-order valence-corrected chi connectivity index (χ1v) is 8.07. The average Bonchev–Trinajstić information content (AvgIpc) is 2.84. The molecule has 20 heavy (non-hydrogen) atoms. The molecule has 1 N–H and O–H groups in total. The van der Waals surface area contributed by atoms with Crippen molar-refractivity contribution in [2.45, 2.75) is 30.5 Å². The number of hydrogen-bond donors (Lipinski definition) is 1. The second kappa shape index (κ2) is 4.35. The van der Waals surface area contributed by atoms with Crippen LogP contribution in [0.3, 0.4) is 0 Å². The fraction of sp³-hybridized carbons (Fsp3) is 0.643. The summed E-state index contributed by atoms with van der Waals surface area (Å²) >= 11 is 1.15. The molecule has 6 heteroatoms. The van der Waals surface area contributed by atoms with E-state index in [0.29, 0.717) is 11.2 Å². The molecule has 4 unspecified atom stereocenters. The third kappa shape index (κ3) is 1.81. The summed E-state index contributed by atoms with van der Waals surface area (Å²) in [6.45, 7) is 0. The van der Waals surface area contributed by atoms with Gasteiger partial charge in [-0.2, -0.15) is 4.98 Å². The number of carbonyl (C=O) groups is 1. The fourth-order valence-electron chi connectivity index (χ4n) is 4.51. The van der Waals surface area contributed by atoms with Crippen molar-refractivity contribution < 1.29 is 9.90 Å². The quantitative estimate of drug-likeness (QED) is 0.674. The molecular weight excluding hydrogens is 276 g/mol. The van der Waals surface area contributed by atoms with Crippen molar-refractivity contribution in [1.82, 2.24) is 9.55 Å². The molecule has 106 valence electrons. The maximum atomic E-state index is 11.4. The van der Waals surface area contributed by atoms with Gasteiger partial charge in [0, 0.05) is 18.3 Å². The Labute approximate surface area is 120 Å². The molecular formula is C14H16N2O3S. The summed E-state index contributed by atoms with van der Waals surface area (Å²) in [7, 11) is 0. The zero-order valence-electron chi connectivity index (χ0n) is 10.9. The zero-order valence-corrected chi connectivity index (χ0v) is 11.8. The van der Waals surface area contributed by atoms with Crippen LogP contribution in [0, 0.1) is 23.7 Å². The molecule has 3 saturated carbocycles. The molecule has 3 aliphatic carbocycles. The summed E-state index contributed by atoms with van der Waals surface area (Å²) in [6, 6.07) is 1.94. The maximum Gasteiger partial charge on any atom is 0.313 e. The molecule has 4 rings (SSSR count). The predicted octanol–water partition coefficient (Wildman–Crippen LogP) is 1.64. The van der Waals surface area contributed by atoms with E-state index in [1.165, 1.54) is 25.3 Å². The predicted molar refractivity (Wildman–Crippen MR) is 73.7 cm³/mol. The van der Waals surface area contributed by atoms with Crippen molar-refractivity contribution in [3.05, 3.63) is 22.6 Å². The van der Waals surface area contributed by atoms with E-state index in [1.54, 1.807) is 0 Å². The van der Waals surface area contributed by atoms with Gasteiger partial charge in [0.1, 0.15) is 0 Å². The van der Waals surface area contributed by atoms with Gasteiger partial charge in [-0.25, -0.2) is 0 Å². The van der Waals surface area contributed by atoms with Crippen LogP contribution in [-0.4, -0.2) is 26.4 Å². The summed E-state index contributed by atoms with van der Waals surface area (Å²) < 4.78 is 2.06. The van der Waals surface area contributed by atoms with E-state index in [9.17, 15) is 9.59 Å². The third-order valence-electron chi connectivity index (χ3n) is 5.15. The highest BCUT2D eigenvalue weighted by Gasteiger charge is 2.65. The molecule has 0 spiro atoms. The number of nitrogens with zero attached hydrogens (tertiary/aromatic N) is 2. The fourth-order valence-corrected chi connectivity index (χ4v) is 5.25. The minimum Gasteiger partial charge on any atom is -0.481 e. The van der Waals surface area contributed by atoms with Crippen LogP contribution >= 0.6 is 11.8 Å². The summed E-state index contributed by atoms with van der Waals surface area (Å²) in [5.41, 5.74) is -0.289. The first-order valence-electron chi connectivity index (χ1n) is 7.09. The van der Waals surface area contributed by atoms with E-state index in [0.717, 1.165) is 35.4 Å². The molecule has 2 bridgehead atoms. The van der Waals surface area contributed by atoms with Crippen molar-refractivity contribution in [2.24, 2.45) is 23.7 Å². The van der Waals surface area contributed by atoms with Gasteiger partial charge in [0.25, 0.3) is 5.56 Å². The van der Waals surface area contributed by atoms with Gasteiger partial charge in [-0.15, -0.1) is 0 Å². The number of thioether (sulfide) groups is 1. The smallest absolute Gasteiger partial charge is 0.313 e. The maximum absolute atomic E-state index is 11.4. The molecule has 1 aromatic rings. The Balaban J connectivity index is 1.62. The number of hydrogen-bond acceptors (Lipinski definition) is 4. The van der Waals surface area contributed by atoms with Gasteiger partial charge in [0.2, 0.25) is 0 Å². The zero-order chi connectivity index (χ0) is 13.9. The van der Waals surface area contributed by atoms with E-state index in [4.69, 9.17) is 5.11 Å². The lowest BCUT2D eigenvalue weighted by molar-refractivity contribution is -0.133. The Bertz CT molecular complexity index is 613. The standard InChI is InChI=1S/C14H16N2O3S/c17-9-3-4-16(14(15-9)20-6-10(18)19)13-11-7-1-2-8(5-7)12(11)13/h3-4,7-8,11-13H,1-2,5-6H2,(H,18,19). The van der Waals surface area contributed by atoms with Crippen LogP contribution in [0.5, 0.6) is 0 Å². The van der Waals surface area contributed by atoms with Crippen LogP contribution in [0.4, 0.5) is 0 Å². The summed E-state index contributed by atoms with van der Waals surface area (Å²) in [5.74, 6) is 2.23. The van der Waals surface area contributed by atoms with Gasteiger partial charge < -0.3 is 9.67 Å². The number of carboxylic acid groups (broad SMARTS) is 1. The molecule has 0 amide bonds. The minimum absolute atomic E-state index is 0.0502. The largest absolute Gasteiger partial charge is 0.481 e. The molecule has 0 saturated heterocycles. The number of rotatable bonds is 4. The Morgan fingerprint density at radius 2 is 2.10 bits per heavy atom. The second-order valence-corrected chi connectivity index (χ2v) is 7.06. The number of fused-ring (bicyclic) bond motifs is 5. The summed E-state index contributed by atoms with van der Waals surface area (Å²) in [6.07, 6.45) is 5.86. The van der Waals surface area contributed by atoms with Crippen LogP contribution < -0.4 is 5.56 Å². The Hall–Kier alpha value is -1.30. The molecule has 1 aromatic heterocycles. The monoisotopic (exact) mass is 292 g/mol. The lowest BCUT2D eigenvalue weighted by Gasteiger charge is -2.15. The van der Waals surface area contributed by atoms with Crippen molar-refractivity contribution in [1.29, 1.82) is 0 Å². The SMILES string of the molecule is O=C(O)CSc1nc(=O)ccn1C1C2C3CCC(C3)C21. The van der Waals surface area contributed by atoms with Crippen LogP contribution in [0.1, 0.15) is 25.3 Å².